The molecule has 1 rings (SSSR count). The summed E-state index contributed by atoms with van der Waals surface area (Å²) < 4.78 is 1.21. The molecule has 0 saturated heterocycles. The van der Waals surface area contributed by atoms with E-state index >= 15 is 0 Å². The van der Waals surface area contributed by atoms with E-state index in [0.717, 1.165) is 5.56 Å². The standard InChI is InChI=1S/C9H10IN/c1-2-9(11)7-4-3-5-8(10)6-7/h2-6,9H,1,11H2/t9-/m1/s1. The van der Waals surface area contributed by atoms with Gasteiger partial charge in [0.15, 0.2) is 0 Å². The monoisotopic (exact) mass is 259 g/mol. The van der Waals surface area contributed by atoms with Crippen molar-refractivity contribution < 1.29 is 0 Å². The fraction of sp³-hybridized carbons (Fsp3) is 0.111. The molecule has 0 bridgehead atoms. The third-order valence-corrected chi connectivity index (χ3v) is 2.16. The first-order valence-corrected chi connectivity index (χ1v) is 4.45. The van der Waals surface area contributed by atoms with Crippen molar-refractivity contribution in [3.05, 3.63) is 46.1 Å². The van der Waals surface area contributed by atoms with E-state index < -0.39 is 0 Å². The summed E-state index contributed by atoms with van der Waals surface area (Å²) in [6.07, 6.45) is 1.74. The topological polar surface area (TPSA) is 26.0 Å². The lowest BCUT2D eigenvalue weighted by Crippen LogP contribution is -2.06. The van der Waals surface area contributed by atoms with Crippen molar-refractivity contribution in [2.75, 3.05) is 0 Å². The zero-order valence-corrected chi connectivity index (χ0v) is 8.28. The Balaban J connectivity index is 2.95. The molecule has 0 heterocycles. The van der Waals surface area contributed by atoms with Crippen LogP contribution in [0.25, 0.3) is 0 Å². The van der Waals surface area contributed by atoms with Crippen molar-refractivity contribution in [3.63, 3.8) is 0 Å². The molecular weight excluding hydrogens is 249 g/mol. The van der Waals surface area contributed by atoms with Crippen LogP contribution < -0.4 is 5.73 Å². The highest BCUT2D eigenvalue weighted by molar-refractivity contribution is 14.1. The lowest BCUT2D eigenvalue weighted by Gasteiger charge is -2.05. The highest BCUT2D eigenvalue weighted by Gasteiger charge is 1.99. The molecule has 0 aliphatic heterocycles. The van der Waals surface area contributed by atoms with Crippen LogP contribution in [0.2, 0.25) is 0 Å². The van der Waals surface area contributed by atoms with Gasteiger partial charge in [-0.25, -0.2) is 0 Å². The molecule has 1 aromatic carbocycles. The van der Waals surface area contributed by atoms with Gasteiger partial charge in [-0.3, -0.25) is 0 Å². The van der Waals surface area contributed by atoms with Crippen LogP contribution in [-0.4, -0.2) is 0 Å². The van der Waals surface area contributed by atoms with Crippen LogP contribution in [0.4, 0.5) is 0 Å². The Hall–Kier alpha value is -0.350. The third-order valence-electron chi connectivity index (χ3n) is 1.49. The van der Waals surface area contributed by atoms with Crippen molar-refractivity contribution in [2.45, 2.75) is 6.04 Å². The van der Waals surface area contributed by atoms with Gasteiger partial charge in [0.2, 0.25) is 0 Å². The first kappa shape index (κ1) is 8.74. The molecule has 1 nitrogen and oxygen atoms in total. The van der Waals surface area contributed by atoms with Crippen LogP contribution >= 0.6 is 22.6 Å². The molecule has 2 heteroatoms. The van der Waals surface area contributed by atoms with Crippen LogP contribution in [0, 0.1) is 3.57 Å². The van der Waals surface area contributed by atoms with Crippen molar-refractivity contribution in [1.82, 2.24) is 0 Å². The number of rotatable bonds is 2. The lowest BCUT2D eigenvalue weighted by atomic mass is 10.1. The van der Waals surface area contributed by atoms with Gasteiger partial charge in [0.1, 0.15) is 0 Å². The maximum Gasteiger partial charge on any atom is 0.0478 e. The Labute approximate surface area is 80.4 Å². The van der Waals surface area contributed by atoms with Crippen LogP contribution in [-0.2, 0) is 0 Å². The number of hydrogen-bond donors (Lipinski definition) is 1. The molecule has 11 heavy (non-hydrogen) atoms. The van der Waals surface area contributed by atoms with Gasteiger partial charge in [-0.05, 0) is 40.3 Å². The minimum Gasteiger partial charge on any atom is -0.321 e. The van der Waals surface area contributed by atoms with Gasteiger partial charge in [-0.2, -0.15) is 0 Å². The predicted octanol–water partition coefficient (Wildman–Crippen LogP) is 2.48. The zero-order valence-electron chi connectivity index (χ0n) is 6.13. The smallest absolute Gasteiger partial charge is 0.0478 e. The largest absolute Gasteiger partial charge is 0.321 e. The summed E-state index contributed by atoms with van der Waals surface area (Å²) in [6, 6.07) is 8.08. The molecule has 0 fully saturated rings. The number of benzene rings is 1. The average Bonchev–Trinajstić information content (AvgIpc) is 2.03. The van der Waals surface area contributed by atoms with E-state index in [-0.39, 0.29) is 6.04 Å². The highest BCUT2D eigenvalue weighted by atomic mass is 127. The second-order valence-corrected chi connectivity index (χ2v) is 3.56. The Morgan fingerprint density at radius 3 is 2.82 bits per heavy atom. The summed E-state index contributed by atoms with van der Waals surface area (Å²) in [6.45, 7) is 3.64. The molecule has 0 spiro atoms. The van der Waals surface area contributed by atoms with E-state index in [0.29, 0.717) is 0 Å². The molecule has 0 aliphatic rings. The van der Waals surface area contributed by atoms with Gasteiger partial charge in [0.05, 0.1) is 0 Å². The van der Waals surface area contributed by atoms with Crippen molar-refractivity contribution >= 4 is 22.6 Å². The Kier molecular flexibility index (Phi) is 3.08. The molecule has 0 amide bonds. The fourth-order valence-electron chi connectivity index (χ4n) is 0.850. The quantitative estimate of drug-likeness (QED) is 0.640. The van der Waals surface area contributed by atoms with Crippen LogP contribution in [0.3, 0.4) is 0 Å². The first-order chi connectivity index (χ1) is 5.24. The molecule has 0 aromatic heterocycles. The lowest BCUT2D eigenvalue weighted by molar-refractivity contribution is 0.913. The summed E-state index contributed by atoms with van der Waals surface area (Å²) in [7, 11) is 0. The number of hydrogen-bond acceptors (Lipinski definition) is 1. The molecule has 0 aliphatic carbocycles. The fourth-order valence-corrected chi connectivity index (χ4v) is 1.42. The van der Waals surface area contributed by atoms with E-state index in [1.54, 1.807) is 6.08 Å². The average molecular weight is 259 g/mol. The van der Waals surface area contributed by atoms with Gasteiger partial charge in [-0.15, -0.1) is 6.58 Å². The van der Waals surface area contributed by atoms with E-state index in [2.05, 4.69) is 35.2 Å². The van der Waals surface area contributed by atoms with Crippen LogP contribution in [0.1, 0.15) is 11.6 Å². The molecule has 2 N–H and O–H groups in total. The van der Waals surface area contributed by atoms with Gasteiger partial charge >= 0.3 is 0 Å². The third kappa shape index (κ3) is 2.31. The minimum absolute atomic E-state index is 0.0373. The molecular formula is C9H10IN. The van der Waals surface area contributed by atoms with E-state index in [1.807, 2.05) is 18.2 Å². The zero-order chi connectivity index (χ0) is 8.27. The molecule has 0 radical (unpaired) electrons. The summed E-state index contributed by atoms with van der Waals surface area (Å²) >= 11 is 2.27. The molecule has 0 saturated carbocycles. The van der Waals surface area contributed by atoms with Crippen molar-refractivity contribution in [1.29, 1.82) is 0 Å². The highest BCUT2D eigenvalue weighted by Crippen LogP contribution is 2.13. The van der Waals surface area contributed by atoms with Gasteiger partial charge in [-0.1, -0.05) is 18.2 Å². The molecule has 58 valence electrons. The first-order valence-electron chi connectivity index (χ1n) is 3.37. The summed E-state index contributed by atoms with van der Waals surface area (Å²) in [4.78, 5) is 0. The summed E-state index contributed by atoms with van der Waals surface area (Å²) in [5, 5.41) is 0. The maximum absolute atomic E-state index is 5.74. The minimum atomic E-state index is -0.0373. The van der Waals surface area contributed by atoms with Gasteiger partial charge < -0.3 is 5.73 Å². The second kappa shape index (κ2) is 3.88. The molecule has 0 unspecified atom stereocenters. The Bertz CT molecular complexity index is 257. The summed E-state index contributed by atoms with van der Waals surface area (Å²) in [5.41, 5.74) is 6.86. The number of nitrogens with two attached hydrogens (primary N) is 1. The summed E-state index contributed by atoms with van der Waals surface area (Å²) in [5.74, 6) is 0. The SMILES string of the molecule is C=C[C@@H](N)c1cccc(I)c1. The van der Waals surface area contributed by atoms with Crippen LogP contribution in [0.15, 0.2) is 36.9 Å². The maximum atomic E-state index is 5.74. The predicted molar refractivity (Wildman–Crippen MR) is 56.3 cm³/mol. The van der Waals surface area contributed by atoms with Crippen molar-refractivity contribution in [3.8, 4) is 0 Å². The normalized spacial score (nSPS) is 12.5. The molecule has 1 aromatic rings. The Morgan fingerprint density at radius 1 is 1.55 bits per heavy atom. The number of halogens is 1. The van der Waals surface area contributed by atoms with Gasteiger partial charge in [0.25, 0.3) is 0 Å². The van der Waals surface area contributed by atoms with Crippen LogP contribution in [0.5, 0.6) is 0 Å². The van der Waals surface area contributed by atoms with E-state index in [4.69, 9.17) is 5.73 Å². The van der Waals surface area contributed by atoms with Crippen molar-refractivity contribution in [2.24, 2.45) is 5.73 Å². The van der Waals surface area contributed by atoms with E-state index in [1.165, 1.54) is 3.57 Å². The Morgan fingerprint density at radius 2 is 2.27 bits per heavy atom. The molecule has 1 atom stereocenters. The second-order valence-electron chi connectivity index (χ2n) is 2.32. The van der Waals surface area contributed by atoms with E-state index in [9.17, 15) is 0 Å². The van der Waals surface area contributed by atoms with Gasteiger partial charge in [0, 0.05) is 9.61 Å².